The molecule has 0 amide bonds. The van der Waals surface area contributed by atoms with E-state index in [1.54, 1.807) is 0 Å². The molecule has 2 saturated carbocycles. The molecule has 0 aromatic heterocycles. The van der Waals surface area contributed by atoms with Crippen molar-refractivity contribution >= 4 is 0 Å². The monoisotopic (exact) mass is 153 g/mol. The molecule has 0 bridgehead atoms. The van der Waals surface area contributed by atoms with Crippen LogP contribution in [0.3, 0.4) is 0 Å². The van der Waals surface area contributed by atoms with Gasteiger partial charge in [-0.2, -0.15) is 0 Å². The smallest absolute Gasteiger partial charge is 0.0305 e. The molecule has 0 saturated heterocycles. The standard InChI is InChI=1S/C11H20/c1-9(2)10-3-5-11(6-4-10)7-8-11/h9-10H,3-8H2,1-2H3/i10D. The molecule has 11 heavy (non-hydrogen) atoms. The summed E-state index contributed by atoms with van der Waals surface area (Å²) in [6, 6.07) is 0. The summed E-state index contributed by atoms with van der Waals surface area (Å²) < 4.78 is 8.28. The molecule has 0 radical (unpaired) electrons. The molecule has 0 heterocycles. The van der Waals surface area contributed by atoms with Crippen LogP contribution in [0.25, 0.3) is 0 Å². The molecule has 2 aliphatic carbocycles. The fourth-order valence-electron chi connectivity index (χ4n) is 2.36. The van der Waals surface area contributed by atoms with Gasteiger partial charge in [-0.3, -0.25) is 0 Å². The Morgan fingerprint density at radius 3 is 2.09 bits per heavy atom. The van der Waals surface area contributed by atoms with Crippen molar-refractivity contribution in [3.05, 3.63) is 0 Å². The Kier molecular flexibility index (Phi) is 1.48. The van der Waals surface area contributed by atoms with Crippen molar-refractivity contribution in [1.82, 2.24) is 0 Å². The fourth-order valence-corrected chi connectivity index (χ4v) is 2.36. The first-order valence-electron chi connectivity index (χ1n) is 5.56. The predicted octanol–water partition coefficient (Wildman–Crippen LogP) is 3.61. The van der Waals surface area contributed by atoms with Gasteiger partial charge in [-0.1, -0.05) is 13.8 Å². The second-order valence-corrected chi connectivity index (χ2v) is 4.81. The van der Waals surface area contributed by atoms with Crippen molar-refractivity contribution in [3.63, 3.8) is 0 Å². The Labute approximate surface area is 71.8 Å². The molecule has 0 aromatic rings. The zero-order valence-electron chi connectivity index (χ0n) is 8.82. The van der Waals surface area contributed by atoms with Gasteiger partial charge < -0.3 is 0 Å². The highest BCUT2D eigenvalue weighted by Gasteiger charge is 2.44. The van der Waals surface area contributed by atoms with E-state index in [-0.39, 0.29) is 5.89 Å². The summed E-state index contributed by atoms with van der Waals surface area (Å²) in [6.07, 6.45) is 7.92. The Bertz CT molecular complexity index is 169. The topological polar surface area (TPSA) is 0 Å². The van der Waals surface area contributed by atoms with Gasteiger partial charge in [0.25, 0.3) is 0 Å². The van der Waals surface area contributed by atoms with Crippen molar-refractivity contribution in [3.8, 4) is 0 Å². The summed E-state index contributed by atoms with van der Waals surface area (Å²) in [7, 11) is 0. The largest absolute Gasteiger partial charge is 0.0625 e. The summed E-state index contributed by atoms with van der Waals surface area (Å²) in [5.41, 5.74) is 0.749. The van der Waals surface area contributed by atoms with Crippen LogP contribution in [-0.2, 0) is 0 Å². The predicted molar refractivity (Wildman–Crippen MR) is 48.5 cm³/mol. The molecule has 2 rings (SSSR count). The van der Waals surface area contributed by atoms with E-state index in [2.05, 4.69) is 13.8 Å². The number of hydrogen-bond acceptors (Lipinski definition) is 0. The van der Waals surface area contributed by atoms with E-state index in [0.717, 1.165) is 18.3 Å². The van der Waals surface area contributed by atoms with Crippen LogP contribution in [0.4, 0.5) is 0 Å². The van der Waals surface area contributed by atoms with Crippen molar-refractivity contribution in [1.29, 1.82) is 0 Å². The van der Waals surface area contributed by atoms with Gasteiger partial charge in [0.15, 0.2) is 0 Å². The molecule has 2 aliphatic rings. The third-order valence-corrected chi connectivity index (χ3v) is 3.73. The van der Waals surface area contributed by atoms with E-state index < -0.39 is 0 Å². The Balaban J connectivity index is 1.96. The maximum Gasteiger partial charge on any atom is 0.0305 e. The fraction of sp³-hybridized carbons (Fsp3) is 1.00. The average Bonchev–Trinajstić information content (AvgIpc) is 2.77. The Morgan fingerprint density at radius 2 is 1.73 bits per heavy atom. The minimum absolute atomic E-state index is 0.0756. The third-order valence-electron chi connectivity index (χ3n) is 3.73. The van der Waals surface area contributed by atoms with Crippen LogP contribution in [0.1, 0.15) is 53.7 Å². The van der Waals surface area contributed by atoms with Gasteiger partial charge in [0.2, 0.25) is 0 Å². The van der Waals surface area contributed by atoms with Gasteiger partial charge in [-0.25, -0.2) is 0 Å². The van der Waals surface area contributed by atoms with Crippen molar-refractivity contribution in [2.75, 3.05) is 0 Å². The summed E-state index contributed by atoms with van der Waals surface area (Å²) in [6.45, 7) is 4.41. The number of rotatable bonds is 1. The highest BCUT2D eigenvalue weighted by molar-refractivity contribution is 4.96. The summed E-state index contributed by atoms with van der Waals surface area (Å²) in [5, 5.41) is 0. The zero-order chi connectivity index (χ0) is 8.82. The SMILES string of the molecule is [2H]C1(C(C)C)CCC2(CC2)CC1. The molecule has 2 fully saturated rings. The van der Waals surface area contributed by atoms with E-state index in [9.17, 15) is 0 Å². The Hall–Kier alpha value is 0. The lowest BCUT2D eigenvalue weighted by molar-refractivity contribution is 0.210. The molecule has 0 unspecified atom stereocenters. The average molecular weight is 153 g/mol. The summed E-state index contributed by atoms with van der Waals surface area (Å²) >= 11 is 0. The molecule has 1 spiro atoms. The Morgan fingerprint density at radius 1 is 1.18 bits per heavy atom. The van der Waals surface area contributed by atoms with E-state index in [1.807, 2.05) is 0 Å². The summed E-state index contributed by atoms with van der Waals surface area (Å²) in [5.74, 6) is 0.474. The van der Waals surface area contributed by atoms with E-state index in [0.29, 0.717) is 5.92 Å². The van der Waals surface area contributed by atoms with Gasteiger partial charge in [0, 0.05) is 1.37 Å². The lowest BCUT2D eigenvalue weighted by Gasteiger charge is -2.30. The first kappa shape index (κ1) is 6.51. The van der Waals surface area contributed by atoms with E-state index in [1.165, 1.54) is 25.7 Å². The second kappa shape index (κ2) is 2.50. The highest BCUT2D eigenvalue weighted by Crippen LogP contribution is 2.57. The van der Waals surface area contributed by atoms with Crippen LogP contribution < -0.4 is 0 Å². The third kappa shape index (κ3) is 1.45. The highest BCUT2D eigenvalue weighted by atomic mass is 14.5. The van der Waals surface area contributed by atoms with Gasteiger partial charge >= 0.3 is 0 Å². The first-order chi connectivity index (χ1) is 5.56. The number of hydrogen-bond donors (Lipinski definition) is 0. The molecule has 0 N–H and O–H groups in total. The lowest BCUT2D eigenvalue weighted by atomic mass is 9.75. The molecule has 0 aliphatic heterocycles. The molecule has 0 atom stereocenters. The van der Waals surface area contributed by atoms with Gasteiger partial charge in [-0.05, 0) is 55.8 Å². The van der Waals surface area contributed by atoms with Gasteiger partial charge in [0.1, 0.15) is 0 Å². The van der Waals surface area contributed by atoms with Gasteiger partial charge in [-0.15, -0.1) is 0 Å². The van der Waals surface area contributed by atoms with Crippen LogP contribution in [0.2, 0.25) is 0 Å². The summed E-state index contributed by atoms with van der Waals surface area (Å²) in [4.78, 5) is 0. The normalized spacial score (nSPS) is 33.9. The maximum absolute atomic E-state index is 8.28. The first-order valence-corrected chi connectivity index (χ1v) is 5.06. The minimum Gasteiger partial charge on any atom is -0.0625 e. The van der Waals surface area contributed by atoms with E-state index >= 15 is 0 Å². The maximum atomic E-state index is 8.28. The van der Waals surface area contributed by atoms with Crippen LogP contribution in [-0.4, -0.2) is 0 Å². The van der Waals surface area contributed by atoms with Crippen molar-refractivity contribution in [2.45, 2.75) is 52.4 Å². The lowest BCUT2D eigenvalue weighted by Crippen LogP contribution is -2.19. The zero-order valence-corrected chi connectivity index (χ0v) is 7.82. The molecule has 64 valence electrons. The minimum atomic E-state index is -0.0756. The molecule has 0 heteroatoms. The van der Waals surface area contributed by atoms with Crippen molar-refractivity contribution < 1.29 is 1.37 Å². The molecule has 0 nitrogen and oxygen atoms in total. The molecule has 0 aromatic carbocycles. The van der Waals surface area contributed by atoms with Crippen LogP contribution >= 0.6 is 0 Å². The van der Waals surface area contributed by atoms with Crippen molar-refractivity contribution in [2.24, 2.45) is 17.2 Å². The molecular formula is C11H20. The van der Waals surface area contributed by atoms with Crippen LogP contribution in [0.5, 0.6) is 0 Å². The second-order valence-electron chi connectivity index (χ2n) is 4.81. The van der Waals surface area contributed by atoms with Crippen LogP contribution in [0, 0.1) is 17.2 Å². The van der Waals surface area contributed by atoms with E-state index in [4.69, 9.17) is 1.37 Å². The quantitative estimate of drug-likeness (QED) is 0.540. The molecular weight excluding hydrogens is 132 g/mol. The van der Waals surface area contributed by atoms with Crippen LogP contribution in [0.15, 0.2) is 0 Å². The van der Waals surface area contributed by atoms with Gasteiger partial charge in [0.05, 0.1) is 0 Å².